The average molecular weight is 344 g/mol. The molecule has 0 saturated carbocycles. The molecule has 21 heavy (non-hydrogen) atoms. The molecule has 0 radical (unpaired) electrons. The Kier molecular flexibility index (Phi) is 5.58. The Morgan fingerprint density at radius 2 is 2.05 bits per heavy atom. The highest BCUT2D eigenvalue weighted by Crippen LogP contribution is 2.22. The molecule has 0 fully saturated rings. The molecular formula is C14H15Cl2N3OS. The SMILES string of the molecule is CN(C)C(CNC(=O)c1cc(Cl)nc(Cl)c1)c1cccs1. The summed E-state index contributed by atoms with van der Waals surface area (Å²) in [5, 5.41) is 5.34. The molecule has 1 amide bonds. The molecule has 2 aromatic heterocycles. The van der Waals surface area contributed by atoms with Crippen molar-refractivity contribution in [3.8, 4) is 0 Å². The van der Waals surface area contributed by atoms with E-state index in [9.17, 15) is 4.79 Å². The molecule has 112 valence electrons. The van der Waals surface area contributed by atoms with Gasteiger partial charge >= 0.3 is 0 Å². The number of halogens is 2. The monoisotopic (exact) mass is 343 g/mol. The Bertz CT molecular complexity index is 596. The van der Waals surface area contributed by atoms with E-state index in [1.807, 2.05) is 25.5 Å². The minimum Gasteiger partial charge on any atom is -0.350 e. The number of nitrogens with one attached hydrogen (secondary N) is 1. The topological polar surface area (TPSA) is 45.2 Å². The Morgan fingerprint density at radius 3 is 2.57 bits per heavy atom. The van der Waals surface area contributed by atoms with Crippen molar-refractivity contribution in [2.45, 2.75) is 6.04 Å². The lowest BCUT2D eigenvalue weighted by Gasteiger charge is -2.23. The first-order chi connectivity index (χ1) is 9.97. The predicted octanol–water partition coefficient (Wildman–Crippen LogP) is 3.48. The van der Waals surface area contributed by atoms with Gasteiger partial charge in [-0.25, -0.2) is 4.98 Å². The van der Waals surface area contributed by atoms with E-state index >= 15 is 0 Å². The lowest BCUT2D eigenvalue weighted by Crippen LogP contribution is -2.34. The van der Waals surface area contributed by atoms with E-state index in [4.69, 9.17) is 23.2 Å². The Morgan fingerprint density at radius 1 is 1.38 bits per heavy atom. The van der Waals surface area contributed by atoms with E-state index in [-0.39, 0.29) is 22.3 Å². The zero-order valence-electron chi connectivity index (χ0n) is 11.6. The molecule has 4 nitrogen and oxygen atoms in total. The largest absolute Gasteiger partial charge is 0.350 e. The third-order valence-electron chi connectivity index (χ3n) is 2.98. The van der Waals surface area contributed by atoms with E-state index in [1.54, 1.807) is 11.3 Å². The van der Waals surface area contributed by atoms with E-state index in [1.165, 1.54) is 17.0 Å². The maximum Gasteiger partial charge on any atom is 0.251 e. The third kappa shape index (κ3) is 4.41. The molecule has 1 N–H and O–H groups in total. The molecule has 2 aromatic rings. The number of likely N-dealkylation sites (N-methyl/N-ethyl adjacent to an activating group) is 1. The second-order valence-corrected chi connectivity index (χ2v) is 6.46. The van der Waals surface area contributed by atoms with Crippen LogP contribution in [0.2, 0.25) is 10.3 Å². The summed E-state index contributed by atoms with van der Waals surface area (Å²) in [6, 6.07) is 7.18. The maximum absolute atomic E-state index is 12.2. The lowest BCUT2D eigenvalue weighted by molar-refractivity contribution is 0.0942. The number of thiophene rings is 1. The minimum absolute atomic E-state index is 0.127. The van der Waals surface area contributed by atoms with Gasteiger partial charge < -0.3 is 10.2 Å². The first-order valence-electron chi connectivity index (χ1n) is 6.28. The molecule has 1 atom stereocenters. The van der Waals surface area contributed by atoms with E-state index in [2.05, 4.69) is 21.3 Å². The quantitative estimate of drug-likeness (QED) is 0.845. The molecule has 0 aliphatic carbocycles. The smallest absolute Gasteiger partial charge is 0.251 e. The number of rotatable bonds is 5. The van der Waals surface area contributed by atoms with Crippen LogP contribution in [0.15, 0.2) is 29.6 Å². The van der Waals surface area contributed by atoms with Crippen molar-refractivity contribution >= 4 is 40.4 Å². The van der Waals surface area contributed by atoms with Crippen LogP contribution in [0.5, 0.6) is 0 Å². The van der Waals surface area contributed by atoms with Gasteiger partial charge in [0, 0.05) is 17.0 Å². The van der Waals surface area contributed by atoms with Crippen LogP contribution >= 0.6 is 34.5 Å². The predicted molar refractivity (Wildman–Crippen MR) is 87.3 cm³/mol. The normalized spacial score (nSPS) is 12.4. The number of carbonyl (C=O) groups is 1. The van der Waals surface area contributed by atoms with Crippen molar-refractivity contribution in [3.05, 3.63) is 50.4 Å². The minimum atomic E-state index is -0.218. The molecule has 2 heterocycles. The summed E-state index contributed by atoms with van der Waals surface area (Å²) in [7, 11) is 3.97. The lowest BCUT2D eigenvalue weighted by atomic mass is 10.2. The van der Waals surface area contributed by atoms with E-state index in [0.29, 0.717) is 12.1 Å². The van der Waals surface area contributed by atoms with Crippen LogP contribution in [0.25, 0.3) is 0 Å². The average Bonchev–Trinajstić information content (AvgIpc) is 2.91. The zero-order valence-corrected chi connectivity index (χ0v) is 14.0. The van der Waals surface area contributed by atoms with Gasteiger partial charge in [0.05, 0.1) is 6.04 Å². The highest BCUT2D eigenvalue weighted by Gasteiger charge is 2.17. The summed E-state index contributed by atoms with van der Waals surface area (Å²) in [6.45, 7) is 0.504. The van der Waals surface area contributed by atoms with Crippen LogP contribution in [0, 0.1) is 0 Å². The van der Waals surface area contributed by atoms with E-state index in [0.717, 1.165) is 0 Å². The fourth-order valence-electron chi connectivity index (χ4n) is 1.91. The number of pyridine rings is 1. The molecule has 1 unspecified atom stereocenters. The van der Waals surface area contributed by atoms with Crippen LogP contribution in [0.4, 0.5) is 0 Å². The molecular weight excluding hydrogens is 329 g/mol. The van der Waals surface area contributed by atoms with Gasteiger partial charge in [0.2, 0.25) is 0 Å². The van der Waals surface area contributed by atoms with Gasteiger partial charge in [0.1, 0.15) is 10.3 Å². The highest BCUT2D eigenvalue weighted by molar-refractivity contribution is 7.10. The van der Waals surface area contributed by atoms with Crippen molar-refractivity contribution in [3.63, 3.8) is 0 Å². The molecule has 0 spiro atoms. The molecule has 0 saturated heterocycles. The number of nitrogens with zero attached hydrogens (tertiary/aromatic N) is 2. The number of hydrogen-bond acceptors (Lipinski definition) is 4. The summed E-state index contributed by atoms with van der Waals surface area (Å²) >= 11 is 13.3. The van der Waals surface area contributed by atoms with Crippen LogP contribution in [-0.2, 0) is 0 Å². The Labute approximate surface area is 137 Å². The van der Waals surface area contributed by atoms with Gasteiger partial charge in [-0.2, -0.15) is 0 Å². The third-order valence-corrected chi connectivity index (χ3v) is 4.34. The zero-order chi connectivity index (χ0) is 15.4. The van der Waals surface area contributed by atoms with E-state index < -0.39 is 0 Å². The highest BCUT2D eigenvalue weighted by atomic mass is 35.5. The summed E-state index contributed by atoms with van der Waals surface area (Å²) in [5.74, 6) is -0.218. The van der Waals surface area contributed by atoms with Crippen LogP contribution in [0.3, 0.4) is 0 Å². The maximum atomic E-state index is 12.2. The molecule has 0 aromatic carbocycles. The van der Waals surface area contributed by atoms with Gasteiger partial charge in [0.15, 0.2) is 0 Å². The van der Waals surface area contributed by atoms with Gasteiger partial charge in [0.25, 0.3) is 5.91 Å². The second kappa shape index (κ2) is 7.22. The standard InChI is InChI=1S/C14H15Cl2N3OS/c1-19(2)10(11-4-3-5-21-11)8-17-14(20)9-6-12(15)18-13(16)7-9/h3-7,10H,8H2,1-2H3,(H,17,20). The summed E-state index contributed by atoms with van der Waals surface area (Å²) in [4.78, 5) is 19.3. The summed E-state index contributed by atoms with van der Waals surface area (Å²) < 4.78 is 0. The van der Waals surface area contributed by atoms with Gasteiger partial charge in [-0.1, -0.05) is 29.3 Å². The van der Waals surface area contributed by atoms with Crippen molar-refractivity contribution < 1.29 is 4.79 Å². The second-order valence-electron chi connectivity index (χ2n) is 4.71. The molecule has 2 rings (SSSR count). The van der Waals surface area contributed by atoms with Crippen molar-refractivity contribution in [1.29, 1.82) is 0 Å². The number of aromatic nitrogens is 1. The van der Waals surface area contributed by atoms with Crippen LogP contribution in [0.1, 0.15) is 21.3 Å². The van der Waals surface area contributed by atoms with Gasteiger partial charge in [-0.3, -0.25) is 4.79 Å². The summed E-state index contributed by atoms with van der Waals surface area (Å²) in [5.41, 5.74) is 0.406. The van der Waals surface area contributed by atoms with Crippen LogP contribution in [-0.4, -0.2) is 36.4 Å². The molecule has 0 aliphatic rings. The number of carbonyl (C=O) groups excluding carboxylic acids is 1. The number of amides is 1. The molecule has 0 aliphatic heterocycles. The van der Waals surface area contributed by atoms with Crippen molar-refractivity contribution in [2.24, 2.45) is 0 Å². The van der Waals surface area contributed by atoms with Crippen molar-refractivity contribution in [2.75, 3.05) is 20.6 Å². The van der Waals surface area contributed by atoms with Gasteiger partial charge in [-0.15, -0.1) is 11.3 Å². The van der Waals surface area contributed by atoms with Crippen LogP contribution < -0.4 is 5.32 Å². The van der Waals surface area contributed by atoms with Crippen molar-refractivity contribution in [1.82, 2.24) is 15.2 Å². The number of hydrogen-bond donors (Lipinski definition) is 1. The fraction of sp³-hybridized carbons (Fsp3) is 0.286. The Hall–Kier alpha value is -1.14. The Balaban J connectivity index is 2.05. The molecule has 7 heteroatoms. The first-order valence-corrected chi connectivity index (χ1v) is 7.92. The van der Waals surface area contributed by atoms with Gasteiger partial charge in [-0.05, 0) is 37.7 Å². The molecule has 0 bridgehead atoms. The fourth-order valence-corrected chi connectivity index (χ4v) is 3.29. The first kappa shape index (κ1) is 16.2. The summed E-state index contributed by atoms with van der Waals surface area (Å²) in [6.07, 6.45) is 0.